The molecule has 28 heavy (non-hydrogen) atoms. The van der Waals surface area contributed by atoms with Crippen LogP contribution in [0, 0.1) is 13.8 Å². The summed E-state index contributed by atoms with van der Waals surface area (Å²) in [5.74, 6) is 0.353. The van der Waals surface area contributed by atoms with Crippen molar-refractivity contribution < 1.29 is 4.79 Å². The lowest BCUT2D eigenvalue weighted by Crippen LogP contribution is -2.28. The maximum absolute atomic E-state index is 12.7. The Labute approximate surface area is 170 Å². The summed E-state index contributed by atoms with van der Waals surface area (Å²) in [7, 11) is 3.70. The van der Waals surface area contributed by atoms with Crippen LogP contribution in [0.3, 0.4) is 0 Å². The largest absolute Gasteiger partial charge is 0.340 e. The third-order valence-corrected chi connectivity index (χ3v) is 5.03. The molecule has 0 aliphatic carbocycles. The molecule has 3 rings (SSSR count). The summed E-state index contributed by atoms with van der Waals surface area (Å²) in [6.07, 6.45) is 0.281. The van der Waals surface area contributed by atoms with Crippen molar-refractivity contribution in [1.29, 1.82) is 0 Å². The van der Waals surface area contributed by atoms with Gasteiger partial charge in [0.1, 0.15) is 5.15 Å². The first-order valence-corrected chi connectivity index (χ1v) is 9.73. The number of halogens is 1. The van der Waals surface area contributed by atoms with E-state index in [0.29, 0.717) is 17.6 Å². The number of hydrogen-bond donors (Lipinski definition) is 0. The van der Waals surface area contributed by atoms with Crippen molar-refractivity contribution in [3.63, 3.8) is 0 Å². The number of likely N-dealkylation sites (N-methyl/N-ethyl adjacent to an activating group) is 1. The summed E-state index contributed by atoms with van der Waals surface area (Å²) in [4.78, 5) is 23.3. The molecule has 0 fully saturated rings. The van der Waals surface area contributed by atoms with Crippen molar-refractivity contribution in [2.45, 2.75) is 46.6 Å². The van der Waals surface area contributed by atoms with Gasteiger partial charge < -0.3 is 4.90 Å². The number of hydrogen-bond acceptors (Lipinski definition) is 4. The van der Waals surface area contributed by atoms with Gasteiger partial charge in [0.25, 0.3) is 0 Å². The molecule has 0 spiro atoms. The standard InChI is InChI=1S/C21H26ClN5O/c1-12(2)17-10-16(24-21-20(17)14(4)25-27(21)6)11-26(5)19(28)9-15-7-13(3)23-18(22)8-15/h7-8,10,12H,9,11H2,1-6H3. The molecule has 3 aromatic heterocycles. The van der Waals surface area contributed by atoms with Gasteiger partial charge in [0.15, 0.2) is 5.65 Å². The SMILES string of the molecule is Cc1cc(CC(=O)N(C)Cc2cc(C(C)C)c3c(C)nn(C)c3n2)cc(Cl)n1. The number of rotatable bonds is 5. The molecule has 1 amide bonds. The van der Waals surface area contributed by atoms with E-state index in [0.717, 1.165) is 33.7 Å². The quantitative estimate of drug-likeness (QED) is 0.609. The van der Waals surface area contributed by atoms with Gasteiger partial charge in [-0.1, -0.05) is 25.4 Å². The van der Waals surface area contributed by atoms with Crippen LogP contribution in [0.25, 0.3) is 11.0 Å². The summed E-state index contributed by atoms with van der Waals surface area (Å²) in [5, 5.41) is 6.03. The van der Waals surface area contributed by atoms with Gasteiger partial charge >= 0.3 is 0 Å². The van der Waals surface area contributed by atoms with Gasteiger partial charge in [0.05, 0.1) is 24.4 Å². The van der Waals surface area contributed by atoms with Crippen molar-refractivity contribution in [2.75, 3.05) is 7.05 Å². The molecule has 7 heteroatoms. The minimum Gasteiger partial charge on any atom is -0.340 e. The fraction of sp³-hybridized carbons (Fsp3) is 0.429. The van der Waals surface area contributed by atoms with E-state index in [9.17, 15) is 4.79 Å². The Kier molecular flexibility index (Phi) is 5.70. The molecular weight excluding hydrogens is 374 g/mol. The summed E-state index contributed by atoms with van der Waals surface area (Å²) in [5.41, 5.74) is 5.58. The third kappa shape index (κ3) is 4.17. The highest BCUT2D eigenvalue weighted by Crippen LogP contribution is 2.28. The summed E-state index contributed by atoms with van der Waals surface area (Å²) < 4.78 is 1.81. The van der Waals surface area contributed by atoms with Crippen molar-refractivity contribution in [1.82, 2.24) is 24.6 Å². The minimum atomic E-state index is 0.0100. The Morgan fingerprint density at radius 2 is 1.93 bits per heavy atom. The second-order valence-corrected chi connectivity index (χ2v) is 8.02. The number of aromatic nitrogens is 4. The molecule has 0 aliphatic rings. The van der Waals surface area contributed by atoms with Crippen molar-refractivity contribution >= 4 is 28.5 Å². The maximum Gasteiger partial charge on any atom is 0.227 e. The molecule has 6 nitrogen and oxygen atoms in total. The molecule has 0 unspecified atom stereocenters. The molecular formula is C21H26ClN5O. The fourth-order valence-corrected chi connectivity index (χ4v) is 3.78. The topological polar surface area (TPSA) is 63.9 Å². The number of fused-ring (bicyclic) bond motifs is 1. The zero-order valence-corrected chi connectivity index (χ0v) is 18.0. The second kappa shape index (κ2) is 7.87. The monoisotopic (exact) mass is 399 g/mol. The van der Waals surface area contributed by atoms with E-state index in [2.05, 4.69) is 30.0 Å². The smallest absolute Gasteiger partial charge is 0.227 e. The number of aryl methyl sites for hydroxylation is 3. The Morgan fingerprint density at radius 1 is 1.21 bits per heavy atom. The average molecular weight is 400 g/mol. The van der Waals surface area contributed by atoms with Crippen molar-refractivity contribution in [3.8, 4) is 0 Å². The predicted octanol–water partition coefficient (Wildman–Crippen LogP) is 3.96. The lowest BCUT2D eigenvalue weighted by Gasteiger charge is -2.18. The Balaban J connectivity index is 1.85. The van der Waals surface area contributed by atoms with Crippen LogP contribution < -0.4 is 0 Å². The Hall–Kier alpha value is -2.47. The second-order valence-electron chi connectivity index (χ2n) is 7.63. The van der Waals surface area contributed by atoms with Crippen LogP contribution in [-0.2, 0) is 24.8 Å². The Morgan fingerprint density at radius 3 is 2.57 bits per heavy atom. The van der Waals surface area contributed by atoms with Crippen LogP contribution in [0.2, 0.25) is 5.15 Å². The highest BCUT2D eigenvalue weighted by Gasteiger charge is 2.18. The number of carbonyl (C=O) groups excluding carboxylic acids is 1. The highest BCUT2D eigenvalue weighted by molar-refractivity contribution is 6.29. The maximum atomic E-state index is 12.7. The van der Waals surface area contributed by atoms with Gasteiger partial charge in [0, 0.05) is 25.2 Å². The number of amides is 1. The van der Waals surface area contributed by atoms with Gasteiger partial charge in [-0.25, -0.2) is 9.97 Å². The van der Waals surface area contributed by atoms with Crippen LogP contribution in [-0.4, -0.2) is 37.6 Å². The number of carbonyl (C=O) groups is 1. The predicted molar refractivity (Wildman–Crippen MR) is 111 cm³/mol. The van der Waals surface area contributed by atoms with E-state index in [1.54, 1.807) is 18.0 Å². The molecule has 0 radical (unpaired) electrons. The van der Waals surface area contributed by atoms with E-state index >= 15 is 0 Å². The molecule has 0 saturated carbocycles. The van der Waals surface area contributed by atoms with Crippen LogP contribution in [0.1, 0.15) is 48.0 Å². The van der Waals surface area contributed by atoms with Gasteiger partial charge in [-0.2, -0.15) is 5.10 Å². The van der Waals surface area contributed by atoms with E-state index in [4.69, 9.17) is 16.6 Å². The van der Waals surface area contributed by atoms with E-state index < -0.39 is 0 Å². The van der Waals surface area contributed by atoms with Crippen LogP contribution in [0.4, 0.5) is 0 Å². The van der Waals surface area contributed by atoms with Crippen LogP contribution in [0.5, 0.6) is 0 Å². The van der Waals surface area contributed by atoms with E-state index in [1.165, 1.54) is 5.56 Å². The van der Waals surface area contributed by atoms with Gasteiger partial charge in [-0.15, -0.1) is 0 Å². The first kappa shape index (κ1) is 20.3. The zero-order valence-electron chi connectivity index (χ0n) is 17.2. The van der Waals surface area contributed by atoms with Crippen LogP contribution in [0.15, 0.2) is 18.2 Å². The van der Waals surface area contributed by atoms with Gasteiger partial charge in [-0.3, -0.25) is 9.48 Å². The first-order valence-electron chi connectivity index (χ1n) is 9.36. The van der Waals surface area contributed by atoms with E-state index in [-0.39, 0.29) is 12.3 Å². The van der Waals surface area contributed by atoms with Crippen molar-refractivity contribution in [2.24, 2.45) is 7.05 Å². The van der Waals surface area contributed by atoms with Gasteiger partial charge in [-0.05, 0) is 49.1 Å². The number of nitrogens with zero attached hydrogens (tertiary/aromatic N) is 5. The molecule has 148 valence electrons. The summed E-state index contributed by atoms with van der Waals surface area (Å²) in [6.45, 7) is 8.64. The van der Waals surface area contributed by atoms with Gasteiger partial charge in [0.2, 0.25) is 5.91 Å². The molecule has 0 aromatic carbocycles. The summed E-state index contributed by atoms with van der Waals surface area (Å²) in [6, 6.07) is 5.72. The summed E-state index contributed by atoms with van der Waals surface area (Å²) >= 11 is 6.01. The molecule has 0 aliphatic heterocycles. The number of pyridine rings is 2. The molecule has 3 aromatic rings. The minimum absolute atomic E-state index is 0.0100. The lowest BCUT2D eigenvalue weighted by atomic mass is 9.98. The fourth-order valence-electron chi connectivity index (χ4n) is 3.51. The molecule has 3 heterocycles. The normalized spacial score (nSPS) is 11.4. The van der Waals surface area contributed by atoms with Crippen LogP contribution >= 0.6 is 11.6 Å². The average Bonchev–Trinajstić information content (AvgIpc) is 2.87. The molecule has 0 bridgehead atoms. The zero-order chi connectivity index (χ0) is 20.6. The third-order valence-electron chi connectivity index (χ3n) is 4.84. The van der Waals surface area contributed by atoms with Crippen molar-refractivity contribution in [3.05, 3.63) is 51.6 Å². The molecule has 0 atom stereocenters. The first-order chi connectivity index (χ1) is 13.2. The molecule has 0 saturated heterocycles. The van der Waals surface area contributed by atoms with E-state index in [1.807, 2.05) is 31.6 Å². The lowest BCUT2D eigenvalue weighted by molar-refractivity contribution is -0.129. The Bertz CT molecular complexity index is 1020. The molecule has 0 N–H and O–H groups in total. The highest BCUT2D eigenvalue weighted by atomic mass is 35.5.